The molecule has 1 heterocycles. The number of rotatable bonds is 3. The van der Waals surface area contributed by atoms with Crippen molar-refractivity contribution in [1.82, 2.24) is 9.71 Å². The molecule has 1 aromatic heterocycles. The van der Waals surface area contributed by atoms with Crippen molar-refractivity contribution in [1.29, 1.82) is 0 Å². The first-order valence-corrected chi connectivity index (χ1v) is 6.56. The average Bonchev–Trinajstić information content (AvgIpc) is 2.17. The van der Waals surface area contributed by atoms with E-state index in [-0.39, 0.29) is 16.3 Å². The quantitative estimate of drug-likeness (QED) is 0.814. The predicted molar refractivity (Wildman–Crippen MR) is 57.2 cm³/mol. The topological polar surface area (TPSA) is 59.1 Å². The molecule has 0 spiro atoms. The lowest BCUT2D eigenvalue weighted by Crippen LogP contribution is -2.44. The molecular weight excluding hydrogens is 236 g/mol. The van der Waals surface area contributed by atoms with E-state index in [2.05, 4.69) is 9.71 Å². The summed E-state index contributed by atoms with van der Waals surface area (Å²) in [5.41, 5.74) is 0. The lowest BCUT2D eigenvalue weighted by atomic mass is 9.94. The number of sulfonamides is 1. The zero-order valence-corrected chi connectivity index (χ0v) is 9.50. The first-order chi connectivity index (χ1) is 7.08. The van der Waals surface area contributed by atoms with Gasteiger partial charge in [-0.1, -0.05) is 0 Å². The minimum atomic E-state index is -3.41. The molecular formula is C9H11ClN2O2S. The predicted octanol–water partition coefficient (Wildman–Crippen LogP) is 1.13. The number of hydrogen-bond acceptors (Lipinski definition) is 3. The van der Waals surface area contributed by atoms with Crippen LogP contribution in [-0.4, -0.2) is 24.8 Å². The summed E-state index contributed by atoms with van der Waals surface area (Å²) in [7, 11) is -3.41. The van der Waals surface area contributed by atoms with Gasteiger partial charge >= 0.3 is 0 Å². The Balaban J connectivity index is 2.08. The van der Waals surface area contributed by atoms with Gasteiger partial charge in [-0.3, -0.25) is 4.98 Å². The molecule has 82 valence electrons. The largest absolute Gasteiger partial charge is 0.263 e. The van der Waals surface area contributed by atoms with Crippen molar-refractivity contribution in [2.45, 2.75) is 29.2 Å². The van der Waals surface area contributed by atoms with Crippen LogP contribution in [0.25, 0.3) is 0 Å². The zero-order chi connectivity index (χ0) is 10.9. The molecule has 1 N–H and O–H groups in total. The normalized spacial score (nSPS) is 25.9. The van der Waals surface area contributed by atoms with Gasteiger partial charge in [0.05, 0.1) is 0 Å². The SMILES string of the molecule is O=S(=O)(NC1CC(Cl)C1)c1cccnc1. The van der Waals surface area contributed by atoms with Crippen LogP contribution in [-0.2, 0) is 10.0 Å². The summed E-state index contributed by atoms with van der Waals surface area (Å²) in [4.78, 5) is 3.97. The Morgan fingerprint density at radius 1 is 1.47 bits per heavy atom. The smallest absolute Gasteiger partial charge is 0.242 e. The monoisotopic (exact) mass is 246 g/mol. The Labute approximate surface area is 93.7 Å². The third-order valence-electron chi connectivity index (χ3n) is 2.35. The fraction of sp³-hybridized carbons (Fsp3) is 0.444. The van der Waals surface area contributed by atoms with Crippen molar-refractivity contribution >= 4 is 21.6 Å². The number of hydrogen-bond donors (Lipinski definition) is 1. The Hall–Kier alpha value is -0.650. The van der Waals surface area contributed by atoms with E-state index in [1.165, 1.54) is 18.5 Å². The first kappa shape index (κ1) is 10.9. The highest BCUT2D eigenvalue weighted by Crippen LogP contribution is 2.26. The van der Waals surface area contributed by atoms with E-state index in [0.717, 1.165) is 0 Å². The van der Waals surface area contributed by atoms with Crippen LogP contribution in [0.15, 0.2) is 29.4 Å². The summed E-state index contributed by atoms with van der Waals surface area (Å²) in [5.74, 6) is 0. The second-order valence-corrected chi connectivity index (χ2v) is 5.91. The van der Waals surface area contributed by atoms with Gasteiger partial charge in [-0.25, -0.2) is 13.1 Å². The molecule has 0 aliphatic heterocycles. The summed E-state index contributed by atoms with van der Waals surface area (Å²) in [5, 5.41) is 0.103. The maximum atomic E-state index is 11.7. The Kier molecular flexibility index (Phi) is 2.95. The highest BCUT2D eigenvalue weighted by Gasteiger charge is 2.31. The average molecular weight is 247 g/mol. The fourth-order valence-electron chi connectivity index (χ4n) is 1.44. The molecule has 15 heavy (non-hydrogen) atoms. The lowest BCUT2D eigenvalue weighted by Gasteiger charge is -2.31. The second kappa shape index (κ2) is 4.08. The maximum Gasteiger partial charge on any atom is 0.242 e. The van der Waals surface area contributed by atoms with E-state index in [0.29, 0.717) is 12.8 Å². The molecule has 1 aliphatic rings. The van der Waals surface area contributed by atoms with Crippen LogP contribution in [0, 0.1) is 0 Å². The van der Waals surface area contributed by atoms with Gasteiger partial charge in [-0.2, -0.15) is 0 Å². The highest BCUT2D eigenvalue weighted by molar-refractivity contribution is 7.89. The van der Waals surface area contributed by atoms with Crippen molar-refractivity contribution in [3.63, 3.8) is 0 Å². The minimum absolute atomic E-state index is 0.0299. The molecule has 2 rings (SSSR count). The fourth-order valence-corrected chi connectivity index (χ4v) is 3.09. The number of halogens is 1. The van der Waals surface area contributed by atoms with Crippen LogP contribution in [0.1, 0.15) is 12.8 Å². The van der Waals surface area contributed by atoms with Crippen LogP contribution < -0.4 is 4.72 Å². The van der Waals surface area contributed by atoms with Crippen LogP contribution in [0.4, 0.5) is 0 Å². The number of aromatic nitrogens is 1. The van der Waals surface area contributed by atoms with E-state index in [1.54, 1.807) is 6.07 Å². The second-order valence-electron chi connectivity index (χ2n) is 3.58. The van der Waals surface area contributed by atoms with Crippen LogP contribution in [0.3, 0.4) is 0 Å². The summed E-state index contributed by atoms with van der Waals surface area (Å²) in [6.07, 6.45) is 4.26. The minimum Gasteiger partial charge on any atom is -0.263 e. The van der Waals surface area contributed by atoms with Crippen molar-refractivity contribution in [2.75, 3.05) is 0 Å². The third kappa shape index (κ3) is 2.48. The van der Waals surface area contributed by atoms with E-state index >= 15 is 0 Å². The van der Waals surface area contributed by atoms with E-state index in [4.69, 9.17) is 11.6 Å². The number of alkyl halides is 1. The van der Waals surface area contributed by atoms with Crippen LogP contribution in [0.5, 0.6) is 0 Å². The highest BCUT2D eigenvalue weighted by atomic mass is 35.5. The van der Waals surface area contributed by atoms with Gasteiger partial charge in [0.1, 0.15) is 4.90 Å². The number of nitrogens with one attached hydrogen (secondary N) is 1. The van der Waals surface area contributed by atoms with Crippen LogP contribution in [0.2, 0.25) is 0 Å². The van der Waals surface area contributed by atoms with E-state index < -0.39 is 10.0 Å². The first-order valence-electron chi connectivity index (χ1n) is 4.64. The molecule has 0 amide bonds. The van der Waals surface area contributed by atoms with Crippen molar-refractivity contribution in [2.24, 2.45) is 0 Å². The lowest BCUT2D eigenvalue weighted by molar-refractivity contribution is 0.391. The van der Waals surface area contributed by atoms with Gasteiger partial charge in [0.15, 0.2) is 0 Å². The molecule has 4 nitrogen and oxygen atoms in total. The molecule has 0 saturated heterocycles. The molecule has 1 saturated carbocycles. The standard InChI is InChI=1S/C9H11ClN2O2S/c10-7-4-8(5-7)12-15(13,14)9-2-1-3-11-6-9/h1-3,6-8,12H,4-5H2. The zero-order valence-electron chi connectivity index (χ0n) is 7.93. The molecule has 0 radical (unpaired) electrons. The van der Waals surface area contributed by atoms with Gasteiger partial charge in [-0.05, 0) is 25.0 Å². The van der Waals surface area contributed by atoms with Crippen molar-refractivity contribution in [3.8, 4) is 0 Å². The van der Waals surface area contributed by atoms with Crippen molar-refractivity contribution in [3.05, 3.63) is 24.5 Å². The number of pyridine rings is 1. The Morgan fingerprint density at radius 3 is 2.73 bits per heavy atom. The molecule has 0 atom stereocenters. The Bertz CT molecular complexity index is 429. The summed E-state index contributed by atoms with van der Waals surface area (Å²) >= 11 is 5.77. The summed E-state index contributed by atoms with van der Waals surface area (Å²) < 4.78 is 26.1. The summed E-state index contributed by atoms with van der Waals surface area (Å²) in [6.45, 7) is 0. The molecule has 0 bridgehead atoms. The Morgan fingerprint density at radius 2 is 2.20 bits per heavy atom. The van der Waals surface area contributed by atoms with Crippen molar-refractivity contribution < 1.29 is 8.42 Å². The van der Waals surface area contributed by atoms with Gasteiger partial charge in [0, 0.05) is 23.8 Å². The van der Waals surface area contributed by atoms with E-state index in [9.17, 15) is 8.42 Å². The summed E-state index contributed by atoms with van der Waals surface area (Å²) in [6, 6.07) is 3.09. The van der Waals surface area contributed by atoms with E-state index in [1.807, 2.05) is 0 Å². The van der Waals surface area contributed by atoms with Gasteiger partial charge < -0.3 is 0 Å². The molecule has 1 aromatic rings. The molecule has 1 fully saturated rings. The number of nitrogens with zero attached hydrogens (tertiary/aromatic N) is 1. The maximum absolute atomic E-state index is 11.7. The van der Waals surface area contributed by atoms with Gasteiger partial charge in [0.2, 0.25) is 10.0 Å². The third-order valence-corrected chi connectivity index (χ3v) is 4.21. The molecule has 6 heteroatoms. The molecule has 0 unspecified atom stereocenters. The molecule has 0 aromatic carbocycles. The molecule has 1 aliphatic carbocycles. The van der Waals surface area contributed by atoms with Gasteiger partial charge in [-0.15, -0.1) is 11.6 Å². The van der Waals surface area contributed by atoms with Crippen LogP contribution >= 0.6 is 11.6 Å². The van der Waals surface area contributed by atoms with Gasteiger partial charge in [0.25, 0.3) is 0 Å².